The molecule has 0 saturated heterocycles. The van der Waals surface area contributed by atoms with E-state index in [0.29, 0.717) is 0 Å². The molecule has 1 aromatic carbocycles. The molecule has 0 aromatic heterocycles. The summed E-state index contributed by atoms with van der Waals surface area (Å²) < 4.78 is 0. The first kappa shape index (κ1) is 13.8. The SMILES string of the molecule is CC(C)C(=O)Nc1c(C(=O)O)ccc(Cl)c1Cl. The van der Waals surface area contributed by atoms with Crippen LogP contribution in [0.1, 0.15) is 24.2 Å². The molecule has 0 aliphatic carbocycles. The quantitative estimate of drug-likeness (QED) is 0.890. The Morgan fingerprint density at radius 1 is 1.29 bits per heavy atom. The van der Waals surface area contributed by atoms with Crippen LogP contribution in [0.2, 0.25) is 10.0 Å². The van der Waals surface area contributed by atoms with Gasteiger partial charge in [-0.1, -0.05) is 37.0 Å². The number of carboxylic acids is 1. The Bertz CT molecular complexity index is 472. The first-order chi connectivity index (χ1) is 7.84. The number of carboxylic acid groups (broad SMARTS) is 1. The number of nitrogens with one attached hydrogen (secondary N) is 1. The number of carbonyl (C=O) groups excluding carboxylic acids is 1. The molecule has 0 aliphatic rings. The summed E-state index contributed by atoms with van der Waals surface area (Å²) in [5.41, 5.74) is -0.0567. The van der Waals surface area contributed by atoms with Crippen molar-refractivity contribution < 1.29 is 14.7 Å². The van der Waals surface area contributed by atoms with E-state index >= 15 is 0 Å². The molecular formula is C11H11Cl2NO3. The van der Waals surface area contributed by atoms with Crippen molar-refractivity contribution in [3.05, 3.63) is 27.7 Å². The molecule has 0 radical (unpaired) electrons. The Hall–Kier alpha value is -1.26. The van der Waals surface area contributed by atoms with Gasteiger partial charge in [0.2, 0.25) is 5.91 Å². The number of aromatic carboxylic acids is 1. The first-order valence-electron chi connectivity index (χ1n) is 4.86. The van der Waals surface area contributed by atoms with Gasteiger partial charge < -0.3 is 10.4 Å². The van der Waals surface area contributed by atoms with E-state index in [1.54, 1.807) is 13.8 Å². The minimum atomic E-state index is -1.18. The second-order valence-corrected chi connectivity index (χ2v) is 4.52. The molecule has 17 heavy (non-hydrogen) atoms. The molecule has 92 valence electrons. The molecule has 1 rings (SSSR count). The number of hydrogen-bond donors (Lipinski definition) is 2. The molecule has 0 spiro atoms. The van der Waals surface area contributed by atoms with Crippen LogP contribution < -0.4 is 5.32 Å². The third-order valence-electron chi connectivity index (χ3n) is 2.10. The third kappa shape index (κ3) is 3.11. The number of anilines is 1. The Labute approximate surface area is 109 Å². The molecule has 6 heteroatoms. The number of halogens is 2. The fourth-order valence-electron chi connectivity index (χ4n) is 1.12. The van der Waals surface area contributed by atoms with Gasteiger partial charge in [-0.05, 0) is 12.1 Å². The number of rotatable bonds is 3. The van der Waals surface area contributed by atoms with Crippen LogP contribution in [-0.4, -0.2) is 17.0 Å². The number of benzene rings is 1. The minimum Gasteiger partial charge on any atom is -0.478 e. The summed E-state index contributed by atoms with van der Waals surface area (Å²) in [4.78, 5) is 22.5. The normalized spacial score (nSPS) is 10.4. The van der Waals surface area contributed by atoms with E-state index in [9.17, 15) is 9.59 Å². The van der Waals surface area contributed by atoms with Crippen LogP contribution in [0.25, 0.3) is 0 Å². The van der Waals surface area contributed by atoms with Gasteiger partial charge in [-0.2, -0.15) is 0 Å². The molecule has 0 heterocycles. The molecule has 1 aromatic rings. The van der Waals surface area contributed by atoms with Crippen molar-refractivity contribution in [2.45, 2.75) is 13.8 Å². The Balaban J connectivity index is 3.24. The number of amides is 1. The molecule has 2 N–H and O–H groups in total. The smallest absolute Gasteiger partial charge is 0.337 e. The van der Waals surface area contributed by atoms with Crippen molar-refractivity contribution in [3.8, 4) is 0 Å². The lowest BCUT2D eigenvalue weighted by Crippen LogP contribution is -2.20. The van der Waals surface area contributed by atoms with Crippen molar-refractivity contribution in [2.24, 2.45) is 5.92 Å². The highest BCUT2D eigenvalue weighted by Crippen LogP contribution is 2.33. The fraction of sp³-hybridized carbons (Fsp3) is 0.273. The lowest BCUT2D eigenvalue weighted by atomic mass is 10.1. The highest BCUT2D eigenvalue weighted by molar-refractivity contribution is 6.44. The van der Waals surface area contributed by atoms with Crippen LogP contribution in [0.15, 0.2) is 12.1 Å². The number of hydrogen-bond acceptors (Lipinski definition) is 2. The van der Waals surface area contributed by atoms with Crippen molar-refractivity contribution in [2.75, 3.05) is 5.32 Å². The lowest BCUT2D eigenvalue weighted by molar-refractivity contribution is -0.118. The van der Waals surface area contributed by atoms with E-state index in [0.717, 1.165) is 0 Å². The fourth-order valence-corrected chi connectivity index (χ4v) is 1.49. The molecule has 1 amide bonds. The molecular weight excluding hydrogens is 265 g/mol. The van der Waals surface area contributed by atoms with Crippen molar-refractivity contribution in [3.63, 3.8) is 0 Å². The maximum atomic E-state index is 11.5. The molecule has 0 fully saturated rings. The molecule has 0 bridgehead atoms. The average molecular weight is 276 g/mol. The van der Waals surface area contributed by atoms with E-state index in [4.69, 9.17) is 28.3 Å². The summed E-state index contributed by atoms with van der Waals surface area (Å²) in [5.74, 6) is -1.79. The van der Waals surface area contributed by atoms with Gasteiger partial charge in [-0.3, -0.25) is 4.79 Å². The molecule has 0 atom stereocenters. The Morgan fingerprint density at radius 2 is 1.88 bits per heavy atom. The Kier molecular flexibility index (Phi) is 4.37. The molecule has 0 saturated carbocycles. The highest BCUT2D eigenvalue weighted by Gasteiger charge is 2.19. The van der Waals surface area contributed by atoms with Crippen LogP contribution in [0.4, 0.5) is 5.69 Å². The molecule has 0 aliphatic heterocycles. The summed E-state index contributed by atoms with van der Waals surface area (Å²) in [6.07, 6.45) is 0. The molecule has 4 nitrogen and oxygen atoms in total. The van der Waals surface area contributed by atoms with E-state index in [-0.39, 0.29) is 33.1 Å². The van der Waals surface area contributed by atoms with Gasteiger partial charge in [0.15, 0.2) is 0 Å². The van der Waals surface area contributed by atoms with Gasteiger partial charge in [-0.15, -0.1) is 0 Å². The zero-order valence-electron chi connectivity index (χ0n) is 9.25. The summed E-state index contributed by atoms with van der Waals surface area (Å²) in [6, 6.07) is 2.67. The van der Waals surface area contributed by atoms with Crippen LogP contribution in [0.3, 0.4) is 0 Å². The van der Waals surface area contributed by atoms with Crippen LogP contribution >= 0.6 is 23.2 Å². The summed E-state index contributed by atoms with van der Waals surface area (Å²) >= 11 is 11.7. The monoisotopic (exact) mass is 275 g/mol. The van der Waals surface area contributed by atoms with Gasteiger partial charge in [0.05, 0.1) is 21.3 Å². The largest absolute Gasteiger partial charge is 0.478 e. The zero-order chi connectivity index (χ0) is 13.2. The molecule has 0 unspecified atom stereocenters. The van der Waals surface area contributed by atoms with E-state index in [1.165, 1.54) is 12.1 Å². The minimum absolute atomic E-state index is 0.0283. The van der Waals surface area contributed by atoms with Gasteiger partial charge in [0.1, 0.15) is 0 Å². The topological polar surface area (TPSA) is 66.4 Å². The van der Waals surface area contributed by atoms with Crippen LogP contribution in [0.5, 0.6) is 0 Å². The van der Waals surface area contributed by atoms with Crippen molar-refractivity contribution in [1.82, 2.24) is 0 Å². The second-order valence-electron chi connectivity index (χ2n) is 3.73. The first-order valence-corrected chi connectivity index (χ1v) is 5.62. The standard InChI is InChI=1S/C11H11Cl2NO3/c1-5(2)10(15)14-9-6(11(16)17)3-4-7(12)8(9)13/h3-5H,1-2H3,(H,14,15)(H,16,17). The Morgan fingerprint density at radius 3 is 2.35 bits per heavy atom. The van der Waals surface area contributed by atoms with Crippen LogP contribution in [0, 0.1) is 5.92 Å². The van der Waals surface area contributed by atoms with Gasteiger partial charge in [0, 0.05) is 5.92 Å². The summed E-state index contributed by atoms with van der Waals surface area (Å²) in [7, 11) is 0. The maximum absolute atomic E-state index is 11.5. The highest BCUT2D eigenvalue weighted by atomic mass is 35.5. The van der Waals surface area contributed by atoms with Crippen molar-refractivity contribution in [1.29, 1.82) is 0 Å². The third-order valence-corrected chi connectivity index (χ3v) is 2.90. The average Bonchev–Trinajstić information content (AvgIpc) is 2.24. The predicted octanol–water partition coefficient (Wildman–Crippen LogP) is 3.29. The maximum Gasteiger partial charge on any atom is 0.337 e. The van der Waals surface area contributed by atoms with Gasteiger partial charge in [-0.25, -0.2) is 4.79 Å². The van der Waals surface area contributed by atoms with E-state index in [1.807, 2.05) is 0 Å². The number of carbonyl (C=O) groups is 2. The van der Waals surface area contributed by atoms with Crippen molar-refractivity contribution >= 4 is 40.8 Å². The predicted molar refractivity (Wildman–Crippen MR) is 66.9 cm³/mol. The zero-order valence-corrected chi connectivity index (χ0v) is 10.8. The lowest BCUT2D eigenvalue weighted by Gasteiger charge is -2.12. The van der Waals surface area contributed by atoms with Gasteiger partial charge >= 0.3 is 5.97 Å². The summed E-state index contributed by atoms with van der Waals surface area (Å²) in [5, 5.41) is 11.7. The van der Waals surface area contributed by atoms with E-state index in [2.05, 4.69) is 5.32 Å². The van der Waals surface area contributed by atoms with Gasteiger partial charge in [0.25, 0.3) is 0 Å². The van der Waals surface area contributed by atoms with Crippen LogP contribution in [-0.2, 0) is 4.79 Å². The second kappa shape index (κ2) is 5.38. The van der Waals surface area contributed by atoms with E-state index < -0.39 is 5.97 Å². The summed E-state index contributed by atoms with van der Waals surface area (Å²) in [6.45, 7) is 3.38.